The number of aromatic hydroxyl groups is 1. The van der Waals surface area contributed by atoms with Gasteiger partial charge in [-0.05, 0) is 84.0 Å². The molecule has 1 saturated heterocycles. The summed E-state index contributed by atoms with van der Waals surface area (Å²) in [6, 6.07) is 23.9. The lowest BCUT2D eigenvalue weighted by Gasteiger charge is -2.39. The number of aliphatic hydroxyl groups excluding tert-OH is 1. The number of hydrogen-bond donors (Lipinski definition) is 5. The third-order valence-electron chi connectivity index (χ3n) is 10.7. The van der Waals surface area contributed by atoms with E-state index in [1.807, 2.05) is 30.3 Å². The SMILES string of the molecule is CNc1c(O)ccc(C(O)CNCCCN(Cc2cccc(C(F)(F)F)c2)C(=O)Cc2ccc(CC(=O)N3CCC(C(=O)O)(c4ccccc4)CC3)cc2)c1/C=C\C=O. The minimum atomic E-state index is -4.55. The van der Waals surface area contributed by atoms with E-state index in [0.717, 1.165) is 23.3 Å². The number of aliphatic hydroxyl groups is 1. The molecule has 14 heteroatoms. The molecule has 4 aromatic carbocycles. The summed E-state index contributed by atoms with van der Waals surface area (Å²) in [5.74, 6) is -1.40. The molecular formula is C45H49F3N4O7. The monoisotopic (exact) mass is 814 g/mol. The molecular weight excluding hydrogens is 766 g/mol. The predicted molar refractivity (Wildman–Crippen MR) is 217 cm³/mol. The quantitative estimate of drug-likeness (QED) is 0.0345. The molecule has 2 amide bonds. The van der Waals surface area contributed by atoms with Gasteiger partial charge in [0.25, 0.3) is 0 Å². The van der Waals surface area contributed by atoms with Crippen LogP contribution in [0.5, 0.6) is 5.75 Å². The fourth-order valence-electron chi connectivity index (χ4n) is 7.46. The summed E-state index contributed by atoms with van der Waals surface area (Å²) >= 11 is 0. The first kappa shape index (κ1) is 44.1. The van der Waals surface area contributed by atoms with Gasteiger partial charge < -0.3 is 35.8 Å². The number of benzene rings is 4. The van der Waals surface area contributed by atoms with Crippen LogP contribution in [0.15, 0.2) is 97.1 Å². The van der Waals surface area contributed by atoms with Crippen LogP contribution < -0.4 is 10.6 Å². The van der Waals surface area contributed by atoms with Crippen LogP contribution >= 0.6 is 0 Å². The van der Waals surface area contributed by atoms with Crippen molar-refractivity contribution in [3.05, 3.63) is 136 Å². The number of alkyl halides is 3. The zero-order valence-corrected chi connectivity index (χ0v) is 32.8. The Labute approximate surface area is 341 Å². The van der Waals surface area contributed by atoms with E-state index in [-0.39, 0.29) is 50.0 Å². The Kier molecular flexibility index (Phi) is 15.0. The summed E-state index contributed by atoms with van der Waals surface area (Å²) in [7, 11) is 1.60. The zero-order chi connectivity index (χ0) is 42.6. The number of piperidine rings is 1. The number of allylic oxidation sites excluding steroid dienone is 1. The topological polar surface area (TPSA) is 160 Å². The maximum absolute atomic E-state index is 13.7. The van der Waals surface area contributed by atoms with Crippen LogP contribution in [-0.4, -0.2) is 89.0 Å². The third kappa shape index (κ3) is 11.4. The average molecular weight is 815 g/mol. The van der Waals surface area contributed by atoms with Crippen molar-refractivity contribution >= 4 is 35.8 Å². The molecule has 0 radical (unpaired) electrons. The number of likely N-dealkylation sites (tertiary alicyclic amines) is 1. The molecule has 0 aromatic heterocycles. The van der Waals surface area contributed by atoms with Crippen LogP contribution in [0.4, 0.5) is 18.9 Å². The van der Waals surface area contributed by atoms with Crippen LogP contribution in [0.2, 0.25) is 0 Å². The number of halogens is 3. The largest absolute Gasteiger partial charge is 0.506 e. The lowest BCUT2D eigenvalue weighted by atomic mass is 9.73. The van der Waals surface area contributed by atoms with Crippen LogP contribution in [0.25, 0.3) is 6.08 Å². The van der Waals surface area contributed by atoms with E-state index >= 15 is 0 Å². The minimum absolute atomic E-state index is 0.0338. The van der Waals surface area contributed by atoms with Crippen molar-refractivity contribution in [3.63, 3.8) is 0 Å². The number of amides is 2. The normalized spacial score (nSPS) is 14.5. The summed E-state index contributed by atoms with van der Waals surface area (Å²) in [6.07, 6.45) is -1.18. The van der Waals surface area contributed by atoms with Gasteiger partial charge in [-0.1, -0.05) is 72.8 Å². The van der Waals surface area contributed by atoms with Gasteiger partial charge in [0.1, 0.15) is 12.0 Å². The second kappa shape index (κ2) is 20.1. The third-order valence-corrected chi connectivity index (χ3v) is 10.7. The number of carboxylic acid groups (broad SMARTS) is 1. The van der Waals surface area contributed by atoms with Gasteiger partial charge in [0.15, 0.2) is 0 Å². The Hall–Kier alpha value is -5.99. The van der Waals surface area contributed by atoms with E-state index < -0.39 is 29.2 Å². The second-order valence-corrected chi connectivity index (χ2v) is 14.6. The average Bonchev–Trinajstić information content (AvgIpc) is 3.23. The molecule has 1 aliphatic heterocycles. The summed E-state index contributed by atoms with van der Waals surface area (Å²) in [6.45, 7) is 1.20. The Morgan fingerprint density at radius 3 is 2.22 bits per heavy atom. The number of carbonyl (C=O) groups is 4. The lowest BCUT2D eigenvalue weighted by Crippen LogP contribution is -2.49. The van der Waals surface area contributed by atoms with Gasteiger partial charge in [-0.3, -0.25) is 19.2 Å². The highest BCUT2D eigenvalue weighted by atomic mass is 19.4. The van der Waals surface area contributed by atoms with Crippen molar-refractivity contribution in [3.8, 4) is 5.75 Å². The van der Waals surface area contributed by atoms with Gasteiger partial charge in [0.05, 0.1) is 35.6 Å². The van der Waals surface area contributed by atoms with Gasteiger partial charge in [0.2, 0.25) is 11.8 Å². The van der Waals surface area contributed by atoms with Crippen molar-refractivity contribution in [1.82, 2.24) is 15.1 Å². The maximum Gasteiger partial charge on any atom is 0.416 e. The van der Waals surface area contributed by atoms with Gasteiger partial charge in [-0.25, -0.2) is 0 Å². The number of hydrogen-bond acceptors (Lipinski definition) is 8. The molecule has 1 aliphatic rings. The molecule has 312 valence electrons. The fourth-order valence-corrected chi connectivity index (χ4v) is 7.46. The fraction of sp³-hybridized carbons (Fsp3) is 0.333. The first-order valence-electron chi connectivity index (χ1n) is 19.4. The standard InChI is InChI=1S/C45H49F3N4O7/c1-49-42-37(12-6-25-53)36(17-18-38(42)54)39(55)29-50-21-7-22-52(30-33-8-5-11-35(26-33)45(46,47)48)41(57)28-32-15-13-31(14-16-32)27-40(56)51-23-19-44(20-24-51,43(58)59)34-9-3-2-4-10-34/h2-6,8-18,25-26,39,49-50,54-55H,7,19-24,27-30H2,1H3,(H,58,59)/b12-6-. The number of nitrogens with one attached hydrogen (secondary N) is 2. The van der Waals surface area contributed by atoms with Crippen molar-refractivity contribution < 1.29 is 47.7 Å². The minimum Gasteiger partial charge on any atom is -0.506 e. The maximum atomic E-state index is 13.7. The van der Waals surface area contributed by atoms with E-state index in [0.29, 0.717) is 73.1 Å². The lowest BCUT2D eigenvalue weighted by molar-refractivity contribution is -0.148. The molecule has 5 rings (SSSR count). The Balaban J connectivity index is 1.19. The smallest absolute Gasteiger partial charge is 0.416 e. The summed E-state index contributed by atoms with van der Waals surface area (Å²) < 4.78 is 40.6. The van der Waals surface area contributed by atoms with Crippen LogP contribution in [0.1, 0.15) is 64.3 Å². The van der Waals surface area contributed by atoms with E-state index in [1.54, 1.807) is 42.3 Å². The number of aliphatic carboxylic acids is 1. The molecule has 1 unspecified atom stereocenters. The molecule has 1 fully saturated rings. The highest BCUT2D eigenvalue weighted by molar-refractivity contribution is 5.84. The molecule has 1 heterocycles. The summed E-state index contributed by atoms with van der Waals surface area (Å²) in [5.41, 5.74) is 1.81. The van der Waals surface area contributed by atoms with Crippen molar-refractivity contribution in [2.24, 2.45) is 0 Å². The van der Waals surface area contributed by atoms with E-state index in [1.165, 1.54) is 35.3 Å². The number of anilines is 1. The number of phenolic OH excluding ortho intramolecular Hbond substituents is 1. The van der Waals surface area contributed by atoms with Crippen molar-refractivity contribution in [1.29, 1.82) is 0 Å². The van der Waals surface area contributed by atoms with Crippen LogP contribution in [0, 0.1) is 0 Å². The highest BCUT2D eigenvalue weighted by Gasteiger charge is 2.43. The second-order valence-electron chi connectivity index (χ2n) is 14.6. The van der Waals surface area contributed by atoms with Crippen molar-refractivity contribution in [2.45, 2.75) is 56.3 Å². The Morgan fingerprint density at radius 2 is 1.59 bits per heavy atom. The summed E-state index contributed by atoms with van der Waals surface area (Å²) in [4.78, 5) is 53.5. The molecule has 0 spiro atoms. The molecule has 59 heavy (non-hydrogen) atoms. The predicted octanol–water partition coefficient (Wildman–Crippen LogP) is 6.14. The molecule has 11 nitrogen and oxygen atoms in total. The number of carboxylic acids is 1. The molecule has 1 atom stereocenters. The molecule has 0 saturated carbocycles. The number of carbonyl (C=O) groups excluding carboxylic acids is 3. The molecule has 4 aromatic rings. The van der Waals surface area contributed by atoms with E-state index in [9.17, 15) is 47.7 Å². The number of phenols is 1. The van der Waals surface area contributed by atoms with Gasteiger partial charge in [-0.2, -0.15) is 13.2 Å². The number of rotatable bonds is 18. The zero-order valence-electron chi connectivity index (χ0n) is 32.8. The van der Waals surface area contributed by atoms with Crippen LogP contribution in [0.3, 0.4) is 0 Å². The molecule has 5 N–H and O–H groups in total. The van der Waals surface area contributed by atoms with Gasteiger partial charge >= 0.3 is 12.1 Å². The van der Waals surface area contributed by atoms with Gasteiger partial charge in [-0.15, -0.1) is 0 Å². The van der Waals surface area contributed by atoms with E-state index in [4.69, 9.17) is 0 Å². The van der Waals surface area contributed by atoms with Crippen molar-refractivity contribution in [2.75, 3.05) is 45.1 Å². The Bertz CT molecular complexity index is 2100. The highest BCUT2D eigenvalue weighted by Crippen LogP contribution is 2.37. The van der Waals surface area contributed by atoms with Gasteiger partial charge in [0, 0.05) is 45.3 Å². The first-order valence-corrected chi connectivity index (χ1v) is 19.4. The number of nitrogens with zero attached hydrogens (tertiary/aromatic N) is 2. The first-order chi connectivity index (χ1) is 28.2. The van der Waals surface area contributed by atoms with E-state index in [2.05, 4.69) is 10.6 Å². The molecule has 0 bridgehead atoms. The number of aldehydes is 1. The molecule has 0 aliphatic carbocycles. The summed E-state index contributed by atoms with van der Waals surface area (Å²) in [5, 5.41) is 37.3. The Morgan fingerprint density at radius 1 is 0.915 bits per heavy atom. The van der Waals surface area contributed by atoms with Crippen LogP contribution in [-0.2, 0) is 50.2 Å².